The summed E-state index contributed by atoms with van der Waals surface area (Å²) in [6.07, 6.45) is 3.47. The Labute approximate surface area is 116 Å². The topological polar surface area (TPSA) is 68.4 Å². The first-order chi connectivity index (χ1) is 9.78. The number of pyridine rings is 1. The molecule has 0 aliphatic rings. The zero-order valence-corrected chi connectivity index (χ0v) is 10.8. The zero-order valence-electron chi connectivity index (χ0n) is 10.8. The molecule has 2 aromatic carbocycles. The van der Waals surface area contributed by atoms with Gasteiger partial charge in [0, 0.05) is 23.2 Å². The minimum atomic E-state index is -0.0178. The van der Waals surface area contributed by atoms with Crippen molar-refractivity contribution in [1.82, 2.24) is 4.98 Å². The van der Waals surface area contributed by atoms with Crippen molar-refractivity contribution in [3.05, 3.63) is 60.4 Å². The molecule has 0 aliphatic carbocycles. The van der Waals surface area contributed by atoms with Crippen molar-refractivity contribution in [1.29, 1.82) is 0 Å². The molecule has 0 spiro atoms. The smallest absolute Gasteiger partial charge is 0.150 e. The molecule has 4 nitrogen and oxygen atoms in total. The zero-order chi connectivity index (χ0) is 13.9. The summed E-state index contributed by atoms with van der Waals surface area (Å²) in [5, 5.41) is 11.0. The first kappa shape index (κ1) is 12.4. The number of hydrogen-bond acceptors (Lipinski definition) is 4. The first-order valence-electron chi connectivity index (χ1n) is 6.28. The number of fused-ring (bicyclic) bond motifs is 1. The Kier molecular flexibility index (Phi) is 3.23. The van der Waals surface area contributed by atoms with Crippen LogP contribution in [0.4, 0.5) is 5.69 Å². The average Bonchev–Trinajstić information content (AvgIpc) is 2.50. The highest BCUT2D eigenvalue weighted by Crippen LogP contribution is 2.33. The van der Waals surface area contributed by atoms with Crippen molar-refractivity contribution in [2.45, 2.75) is 6.61 Å². The summed E-state index contributed by atoms with van der Waals surface area (Å²) in [5.74, 6) is 1.25. The Bertz CT molecular complexity index is 756. The minimum Gasteiger partial charge on any atom is -0.455 e. The SMILES string of the molecule is Nc1c(Oc2cccc(CO)c2)ccc2cnccc12. The van der Waals surface area contributed by atoms with E-state index >= 15 is 0 Å². The molecule has 100 valence electrons. The molecule has 0 radical (unpaired) electrons. The van der Waals surface area contributed by atoms with E-state index < -0.39 is 0 Å². The van der Waals surface area contributed by atoms with Crippen molar-refractivity contribution in [3.63, 3.8) is 0 Å². The average molecular weight is 266 g/mol. The Hall–Kier alpha value is -2.59. The van der Waals surface area contributed by atoms with Crippen LogP contribution in [0.2, 0.25) is 0 Å². The van der Waals surface area contributed by atoms with Crippen LogP contribution in [0.15, 0.2) is 54.9 Å². The molecule has 0 unspecified atom stereocenters. The van der Waals surface area contributed by atoms with Crippen LogP contribution in [0, 0.1) is 0 Å². The monoisotopic (exact) mass is 266 g/mol. The summed E-state index contributed by atoms with van der Waals surface area (Å²) >= 11 is 0. The van der Waals surface area contributed by atoms with Crippen LogP contribution in [0.1, 0.15) is 5.56 Å². The van der Waals surface area contributed by atoms with Gasteiger partial charge in [-0.25, -0.2) is 0 Å². The molecule has 0 amide bonds. The Balaban J connectivity index is 2.00. The second-order valence-electron chi connectivity index (χ2n) is 4.48. The maximum absolute atomic E-state index is 9.14. The van der Waals surface area contributed by atoms with E-state index in [4.69, 9.17) is 15.6 Å². The van der Waals surface area contributed by atoms with Crippen molar-refractivity contribution >= 4 is 16.5 Å². The predicted molar refractivity (Wildman–Crippen MR) is 78.6 cm³/mol. The first-order valence-corrected chi connectivity index (χ1v) is 6.28. The largest absolute Gasteiger partial charge is 0.455 e. The van der Waals surface area contributed by atoms with Crippen LogP contribution in [0.5, 0.6) is 11.5 Å². The van der Waals surface area contributed by atoms with Gasteiger partial charge in [0.05, 0.1) is 12.3 Å². The fourth-order valence-corrected chi connectivity index (χ4v) is 2.10. The van der Waals surface area contributed by atoms with Crippen LogP contribution >= 0.6 is 0 Å². The van der Waals surface area contributed by atoms with E-state index in [2.05, 4.69) is 4.98 Å². The van der Waals surface area contributed by atoms with E-state index in [9.17, 15) is 0 Å². The van der Waals surface area contributed by atoms with E-state index in [1.54, 1.807) is 18.5 Å². The van der Waals surface area contributed by atoms with Gasteiger partial charge in [-0.05, 0) is 35.9 Å². The van der Waals surface area contributed by atoms with Gasteiger partial charge in [-0.2, -0.15) is 0 Å². The molecule has 0 fully saturated rings. The number of anilines is 1. The van der Waals surface area contributed by atoms with Gasteiger partial charge in [-0.15, -0.1) is 0 Å². The molecule has 3 N–H and O–H groups in total. The van der Waals surface area contributed by atoms with Crippen LogP contribution in [0.25, 0.3) is 10.8 Å². The highest BCUT2D eigenvalue weighted by molar-refractivity contribution is 5.95. The highest BCUT2D eigenvalue weighted by atomic mass is 16.5. The number of nitrogens with zero attached hydrogens (tertiary/aromatic N) is 1. The van der Waals surface area contributed by atoms with Gasteiger partial charge in [0.2, 0.25) is 0 Å². The van der Waals surface area contributed by atoms with Gasteiger partial charge in [-0.1, -0.05) is 12.1 Å². The van der Waals surface area contributed by atoms with E-state index in [0.29, 0.717) is 17.2 Å². The number of benzene rings is 2. The number of aliphatic hydroxyl groups excluding tert-OH is 1. The standard InChI is InChI=1S/C16H14N2O2/c17-16-14-6-7-18-9-12(14)4-5-15(16)20-13-3-1-2-11(8-13)10-19/h1-9,19H,10,17H2. The third-order valence-electron chi connectivity index (χ3n) is 3.13. The summed E-state index contributed by atoms with van der Waals surface area (Å²) in [4.78, 5) is 4.07. The molecule has 0 saturated carbocycles. The number of aromatic nitrogens is 1. The maximum Gasteiger partial charge on any atom is 0.150 e. The highest BCUT2D eigenvalue weighted by Gasteiger charge is 2.07. The van der Waals surface area contributed by atoms with Gasteiger partial charge in [0.25, 0.3) is 0 Å². The molecular weight excluding hydrogens is 252 g/mol. The van der Waals surface area contributed by atoms with Crippen LogP contribution in [-0.2, 0) is 6.61 Å². The fraction of sp³-hybridized carbons (Fsp3) is 0.0625. The van der Waals surface area contributed by atoms with Crippen molar-refractivity contribution in [3.8, 4) is 11.5 Å². The molecule has 3 aromatic rings. The Morgan fingerprint density at radius 1 is 1.15 bits per heavy atom. The number of aliphatic hydroxyl groups is 1. The van der Waals surface area contributed by atoms with Crippen molar-refractivity contribution in [2.24, 2.45) is 0 Å². The predicted octanol–water partition coefficient (Wildman–Crippen LogP) is 3.10. The van der Waals surface area contributed by atoms with Gasteiger partial charge < -0.3 is 15.6 Å². The lowest BCUT2D eigenvalue weighted by atomic mass is 10.1. The van der Waals surface area contributed by atoms with E-state index in [1.807, 2.05) is 36.4 Å². The minimum absolute atomic E-state index is 0.0178. The molecular formula is C16H14N2O2. The van der Waals surface area contributed by atoms with Gasteiger partial charge in [-0.3, -0.25) is 4.98 Å². The van der Waals surface area contributed by atoms with Crippen LogP contribution in [-0.4, -0.2) is 10.1 Å². The van der Waals surface area contributed by atoms with Gasteiger partial charge in [0.15, 0.2) is 5.75 Å². The molecule has 20 heavy (non-hydrogen) atoms. The molecule has 1 heterocycles. The third-order valence-corrected chi connectivity index (χ3v) is 3.13. The lowest BCUT2D eigenvalue weighted by molar-refractivity contribution is 0.281. The summed E-state index contributed by atoms with van der Waals surface area (Å²) in [7, 11) is 0. The quantitative estimate of drug-likeness (QED) is 0.715. The second kappa shape index (κ2) is 5.19. The lowest BCUT2D eigenvalue weighted by Gasteiger charge is -2.11. The Morgan fingerprint density at radius 2 is 2.05 bits per heavy atom. The van der Waals surface area contributed by atoms with E-state index in [1.165, 1.54) is 0 Å². The molecule has 4 heteroatoms. The van der Waals surface area contributed by atoms with Crippen LogP contribution in [0.3, 0.4) is 0 Å². The molecule has 0 aliphatic heterocycles. The molecule has 0 saturated heterocycles. The van der Waals surface area contributed by atoms with Crippen molar-refractivity contribution < 1.29 is 9.84 Å². The summed E-state index contributed by atoms with van der Waals surface area (Å²) in [6, 6.07) is 12.9. The molecule has 3 rings (SSSR count). The van der Waals surface area contributed by atoms with Crippen molar-refractivity contribution in [2.75, 3.05) is 5.73 Å². The van der Waals surface area contributed by atoms with E-state index in [0.717, 1.165) is 16.3 Å². The number of hydrogen-bond donors (Lipinski definition) is 2. The van der Waals surface area contributed by atoms with E-state index in [-0.39, 0.29) is 6.61 Å². The Morgan fingerprint density at radius 3 is 2.90 bits per heavy atom. The third kappa shape index (κ3) is 2.29. The molecule has 0 bridgehead atoms. The van der Waals surface area contributed by atoms with Crippen LogP contribution < -0.4 is 10.5 Å². The van der Waals surface area contributed by atoms with Gasteiger partial charge in [0.1, 0.15) is 5.75 Å². The number of rotatable bonds is 3. The molecule has 1 aromatic heterocycles. The number of ether oxygens (including phenoxy) is 1. The second-order valence-corrected chi connectivity index (χ2v) is 4.48. The lowest BCUT2D eigenvalue weighted by Crippen LogP contribution is -1.94. The maximum atomic E-state index is 9.14. The number of nitrogens with two attached hydrogens (primary N) is 1. The summed E-state index contributed by atoms with van der Waals surface area (Å²) < 4.78 is 5.80. The summed E-state index contributed by atoms with van der Waals surface area (Å²) in [6.45, 7) is -0.0178. The summed E-state index contributed by atoms with van der Waals surface area (Å²) in [5.41, 5.74) is 7.52. The fourth-order valence-electron chi connectivity index (χ4n) is 2.10. The number of nitrogen functional groups attached to an aromatic ring is 1. The normalized spacial score (nSPS) is 10.7. The van der Waals surface area contributed by atoms with Gasteiger partial charge >= 0.3 is 0 Å². The molecule has 0 atom stereocenters.